The molecule has 0 saturated heterocycles. The molecule has 0 unspecified atom stereocenters. The van der Waals surface area contributed by atoms with E-state index in [0.29, 0.717) is 13.1 Å². The van der Waals surface area contributed by atoms with Crippen molar-refractivity contribution < 1.29 is 4.39 Å². The third kappa shape index (κ3) is 4.46. The van der Waals surface area contributed by atoms with Crippen molar-refractivity contribution in [2.45, 2.75) is 46.8 Å². The summed E-state index contributed by atoms with van der Waals surface area (Å²) in [4.78, 5) is 0. The zero-order valence-corrected chi connectivity index (χ0v) is 13.6. The number of nitrogens with zero attached hydrogens (tertiary/aromatic N) is 4. The maximum Gasteiger partial charge on any atom is 0.151 e. The molecule has 21 heavy (non-hydrogen) atoms. The summed E-state index contributed by atoms with van der Waals surface area (Å²) < 4.78 is 16.0. The lowest BCUT2D eigenvalue weighted by molar-refractivity contribution is 0.427. The van der Waals surface area contributed by atoms with Gasteiger partial charge in [-0.05, 0) is 26.3 Å². The van der Waals surface area contributed by atoms with Crippen LogP contribution in [-0.2, 0) is 19.6 Å². The van der Waals surface area contributed by atoms with Crippen molar-refractivity contribution in [3.8, 4) is 0 Å². The molecule has 0 fully saturated rings. The van der Waals surface area contributed by atoms with Crippen LogP contribution in [0.15, 0.2) is 12.3 Å². The fourth-order valence-corrected chi connectivity index (χ4v) is 2.22. The molecule has 5 nitrogen and oxygen atoms in total. The minimum absolute atomic E-state index is 0. The van der Waals surface area contributed by atoms with Crippen molar-refractivity contribution in [1.29, 1.82) is 0 Å². The molecule has 2 aromatic heterocycles. The van der Waals surface area contributed by atoms with E-state index in [0.717, 1.165) is 35.7 Å². The Labute approximate surface area is 130 Å². The van der Waals surface area contributed by atoms with Crippen LogP contribution in [0.4, 0.5) is 10.2 Å². The quantitative estimate of drug-likeness (QED) is 0.854. The number of hydrogen-bond donors (Lipinski definition) is 1. The number of rotatable bonds is 7. The van der Waals surface area contributed by atoms with E-state index in [1.807, 2.05) is 24.7 Å². The van der Waals surface area contributed by atoms with E-state index in [2.05, 4.69) is 28.5 Å². The van der Waals surface area contributed by atoms with Crippen molar-refractivity contribution >= 4 is 18.2 Å². The molecule has 7 heteroatoms. The summed E-state index contributed by atoms with van der Waals surface area (Å²) in [5.74, 6) is 0.806. The molecule has 0 aliphatic carbocycles. The van der Waals surface area contributed by atoms with Crippen LogP contribution < -0.4 is 5.32 Å². The van der Waals surface area contributed by atoms with E-state index in [1.54, 1.807) is 4.68 Å². The summed E-state index contributed by atoms with van der Waals surface area (Å²) >= 11 is 0. The zero-order chi connectivity index (χ0) is 14.5. The van der Waals surface area contributed by atoms with Crippen LogP contribution >= 0.6 is 12.4 Å². The lowest BCUT2D eigenvalue weighted by Gasteiger charge is -2.07. The maximum atomic E-state index is 12.3. The average molecular weight is 316 g/mol. The van der Waals surface area contributed by atoms with Gasteiger partial charge in [0.2, 0.25) is 0 Å². The first kappa shape index (κ1) is 17.5. The van der Waals surface area contributed by atoms with Gasteiger partial charge in [-0.3, -0.25) is 9.36 Å². The molecule has 118 valence electrons. The molecule has 0 radical (unpaired) electrons. The smallest absolute Gasteiger partial charge is 0.151 e. The van der Waals surface area contributed by atoms with Gasteiger partial charge in [-0.15, -0.1) is 12.4 Å². The molecule has 0 aromatic carbocycles. The van der Waals surface area contributed by atoms with Gasteiger partial charge in [0, 0.05) is 18.3 Å². The van der Waals surface area contributed by atoms with Gasteiger partial charge in [0.05, 0.1) is 24.5 Å². The number of aryl methyl sites for hydroxylation is 4. The van der Waals surface area contributed by atoms with E-state index in [4.69, 9.17) is 0 Å². The normalized spacial score (nSPS) is 10.5. The van der Waals surface area contributed by atoms with Crippen LogP contribution in [0.2, 0.25) is 0 Å². The number of hydrogen-bond acceptors (Lipinski definition) is 3. The van der Waals surface area contributed by atoms with Crippen LogP contribution in [-0.4, -0.2) is 26.2 Å². The van der Waals surface area contributed by atoms with E-state index < -0.39 is 6.67 Å². The number of alkyl halides is 1. The molecule has 0 aliphatic rings. The zero-order valence-electron chi connectivity index (χ0n) is 12.8. The molecule has 2 aromatic rings. The van der Waals surface area contributed by atoms with Crippen molar-refractivity contribution in [1.82, 2.24) is 19.6 Å². The Morgan fingerprint density at radius 2 is 2.00 bits per heavy atom. The molecule has 0 saturated carbocycles. The lowest BCUT2D eigenvalue weighted by Crippen LogP contribution is -2.10. The molecular weight excluding hydrogens is 293 g/mol. The molecule has 2 rings (SSSR count). The Hall–Kier alpha value is -1.56. The van der Waals surface area contributed by atoms with E-state index in [1.165, 1.54) is 0 Å². The number of aromatic nitrogens is 4. The Balaban J connectivity index is 0.00000220. The van der Waals surface area contributed by atoms with Crippen LogP contribution in [0.3, 0.4) is 0 Å². The van der Waals surface area contributed by atoms with Gasteiger partial charge in [0.1, 0.15) is 6.67 Å². The first-order valence-electron chi connectivity index (χ1n) is 7.01. The summed E-state index contributed by atoms with van der Waals surface area (Å²) in [6.45, 7) is 7.60. The van der Waals surface area contributed by atoms with E-state index >= 15 is 0 Å². The molecule has 2 heterocycles. The van der Waals surface area contributed by atoms with E-state index in [-0.39, 0.29) is 12.4 Å². The van der Waals surface area contributed by atoms with Crippen molar-refractivity contribution in [2.24, 2.45) is 0 Å². The Kier molecular flexibility index (Phi) is 6.68. The second kappa shape index (κ2) is 8.02. The molecule has 1 N–H and O–H groups in total. The number of halogens is 2. The van der Waals surface area contributed by atoms with Crippen molar-refractivity contribution in [2.75, 3.05) is 12.0 Å². The molecule has 0 aliphatic heterocycles. The Morgan fingerprint density at radius 3 is 2.67 bits per heavy atom. The Morgan fingerprint density at radius 1 is 1.24 bits per heavy atom. The van der Waals surface area contributed by atoms with Crippen molar-refractivity contribution in [3.63, 3.8) is 0 Å². The summed E-state index contributed by atoms with van der Waals surface area (Å²) in [6.07, 6.45) is 2.91. The molecule has 0 bridgehead atoms. The Bertz CT molecular complexity index is 564. The predicted molar refractivity (Wildman–Crippen MR) is 84.8 cm³/mol. The third-order valence-corrected chi connectivity index (χ3v) is 3.12. The van der Waals surface area contributed by atoms with Crippen LogP contribution in [0.1, 0.15) is 30.3 Å². The van der Waals surface area contributed by atoms with Crippen molar-refractivity contribution in [3.05, 3.63) is 29.2 Å². The van der Waals surface area contributed by atoms with E-state index in [9.17, 15) is 4.39 Å². The minimum atomic E-state index is -0.400. The monoisotopic (exact) mass is 315 g/mol. The maximum absolute atomic E-state index is 12.3. The molecule has 0 atom stereocenters. The predicted octanol–water partition coefficient (Wildman–Crippen LogP) is 3.11. The van der Waals surface area contributed by atoms with Crippen LogP contribution in [0.5, 0.6) is 0 Å². The van der Waals surface area contributed by atoms with Gasteiger partial charge < -0.3 is 5.32 Å². The highest BCUT2D eigenvalue weighted by Crippen LogP contribution is 2.14. The number of anilines is 1. The van der Waals surface area contributed by atoms with Gasteiger partial charge in [-0.25, -0.2) is 4.39 Å². The fourth-order valence-electron chi connectivity index (χ4n) is 2.22. The van der Waals surface area contributed by atoms with Crippen LogP contribution in [0.25, 0.3) is 0 Å². The average Bonchev–Trinajstić information content (AvgIpc) is 2.91. The van der Waals surface area contributed by atoms with Gasteiger partial charge in [-0.1, -0.05) is 6.92 Å². The summed E-state index contributed by atoms with van der Waals surface area (Å²) in [5, 5.41) is 12.1. The highest BCUT2D eigenvalue weighted by atomic mass is 35.5. The highest BCUT2D eigenvalue weighted by molar-refractivity contribution is 5.85. The summed E-state index contributed by atoms with van der Waals surface area (Å²) in [7, 11) is 0. The summed E-state index contributed by atoms with van der Waals surface area (Å²) in [5.41, 5.74) is 3.19. The first-order valence-corrected chi connectivity index (χ1v) is 7.01. The standard InChI is InChI=1S/C14H22FN5.ClH/c1-4-6-20-13(8-12(3)17-20)9-16-14-11(2)10-19(18-14)7-5-15;/h8,10H,4-7,9H2,1-3H3,(H,16,18);1H. The van der Waals surface area contributed by atoms with Crippen LogP contribution in [0, 0.1) is 13.8 Å². The van der Waals surface area contributed by atoms with Gasteiger partial charge in [-0.2, -0.15) is 10.2 Å². The second-order valence-corrected chi connectivity index (χ2v) is 4.97. The van der Waals surface area contributed by atoms with Gasteiger partial charge in [0.25, 0.3) is 0 Å². The number of nitrogens with one attached hydrogen (secondary N) is 1. The lowest BCUT2D eigenvalue weighted by atomic mass is 10.3. The van der Waals surface area contributed by atoms with Gasteiger partial charge in [0.15, 0.2) is 5.82 Å². The molecule has 0 spiro atoms. The SMILES string of the molecule is CCCn1nc(C)cc1CNc1nn(CCF)cc1C.Cl. The second-order valence-electron chi connectivity index (χ2n) is 4.97. The summed E-state index contributed by atoms with van der Waals surface area (Å²) in [6, 6.07) is 2.08. The molecular formula is C14H23ClFN5. The fraction of sp³-hybridized carbons (Fsp3) is 0.571. The highest BCUT2D eigenvalue weighted by Gasteiger charge is 2.08. The van der Waals surface area contributed by atoms with Gasteiger partial charge >= 0.3 is 0 Å². The minimum Gasteiger partial charge on any atom is -0.363 e. The topological polar surface area (TPSA) is 47.7 Å². The first-order chi connectivity index (χ1) is 9.63. The molecule has 0 amide bonds. The largest absolute Gasteiger partial charge is 0.363 e. The third-order valence-electron chi connectivity index (χ3n) is 3.12.